The zero-order chi connectivity index (χ0) is 16.0. The molecule has 1 rings (SSSR count). The fraction of sp³-hybridized carbons (Fsp3) is 0.529. The predicted molar refractivity (Wildman–Crippen MR) is 82.3 cm³/mol. The Labute approximate surface area is 127 Å². The van der Waals surface area contributed by atoms with Gasteiger partial charge >= 0.3 is 0 Å². The largest absolute Gasteiger partial charge is 0.392 e. The minimum atomic E-state index is -0.611. The van der Waals surface area contributed by atoms with Crippen LogP contribution in [-0.4, -0.2) is 28.1 Å². The Kier molecular flexibility index (Phi) is 6.39. The van der Waals surface area contributed by atoms with Crippen LogP contribution in [0.3, 0.4) is 0 Å². The Hall–Kier alpha value is -1.86. The van der Waals surface area contributed by atoms with E-state index in [-0.39, 0.29) is 24.3 Å². The van der Waals surface area contributed by atoms with Crippen molar-refractivity contribution in [3.8, 4) is 6.07 Å². The van der Waals surface area contributed by atoms with Crippen molar-refractivity contribution < 1.29 is 9.90 Å². The third-order valence-electron chi connectivity index (χ3n) is 3.53. The van der Waals surface area contributed by atoms with Crippen LogP contribution in [0.1, 0.15) is 45.2 Å². The lowest BCUT2D eigenvalue weighted by molar-refractivity contribution is -0.136. The molecule has 4 nitrogen and oxygen atoms in total. The Morgan fingerprint density at radius 1 is 1.24 bits per heavy atom. The molecule has 1 unspecified atom stereocenters. The van der Waals surface area contributed by atoms with Crippen LogP contribution in [0.2, 0.25) is 0 Å². The fourth-order valence-electron chi connectivity index (χ4n) is 1.97. The molecule has 0 saturated heterocycles. The quantitative estimate of drug-likeness (QED) is 0.875. The van der Waals surface area contributed by atoms with Gasteiger partial charge in [0.15, 0.2) is 0 Å². The maximum atomic E-state index is 12.3. The fourth-order valence-corrected chi connectivity index (χ4v) is 1.97. The highest BCUT2D eigenvalue weighted by molar-refractivity contribution is 5.77. The van der Waals surface area contributed by atoms with E-state index in [2.05, 4.69) is 6.07 Å². The first-order valence-corrected chi connectivity index (χ1v) is 7.31. The molecule has 0 heterocycles. The van der Waals surface area contributed by atoms with Gasteiger partial charge in [-0.05, 0) is 37.5 Å². The van der Waals surface area contributed by atoms with Gasteiger partial charge in [0, 0.05) is 12.6 Å². The van der Waals surface area contributed by atoms with Crippen LogP contribution in [0, 0.1) is 17.2 Å². The van der Waals surface area contributed by atoms with E-state index in [0.29, 0.717) is 12.1 Å². The molecule has 0 aliphatic carbocycles. The summed E-state index contributed by atoms with van der Waals surface area (Å²) in [6.07, 6.45) is -0.466. The summed E-state index contributed by atoms with van der Waals surface area (Å²) in [5.74, 6) is 0.0217. The van der Waals surface area contributed by atoms with E-state index in [1.807, 2.05) is 39.8 Å². The number of aliphatic hydroxyl groups is 1. The molecule has 0 aromatic heterocycles. The van der Waals surface area contributed by atoms with Gasteiger partial charge in [-0.2, -0.15) is 5.26 Å². The molecule has 21 heavy (non-hydrogen) atoms. The molecule has 0 bridgehead atoms. The second kappa shape index (κ2) is 7.80. The van der Waals surface area contributed by atoms with Crippen molar-refractivity contribution in [1.29, 1.82) is 5.26 Å². The lowest BCUT2D eigenvalue weighted by Gasteiger charge is -2.28. The van der Waals surface area contributed by atoms with Crippen LogP contribution in [-0.2, 0) is 11.3 Å². The van der Waals surface area contributed by atoms with Gasteiger partial charge in [0.25, 0.3) is 0 Å². The van der Waals surface area contributed by atoms with Crippen molar-refractivity contribution >= 4 is 5.91 Å². The Morgan fingerprint density at radius 3 is 2.24 bits per heavy atom. The molecule has 1 aromatic rings. The molecule has 0 aliphatic heterocycles. The first-order valence-electron chi connectivity index (χ1n) is 7.31. The standard InChI is InChI=1S/C17H24N2O2/c1-12(2)16(20)9-17(21)19(13(3)4)11-15-7-5-14(10-18)6-8-15/h5-8,12-13,16,20H,9,11H2,1-4H3. The van der Waals surface area contributed by atoms with Crippen LogP contribution in [0.4, 0.5) is 0 Å². The van der Waals surface area contributed by atoms with Crippen LogP contribution in [0.25, 0.3) is 0 Å². The van der Waals surface area contributed by atoms with Crippen molar-refractivity contribution in [3.63, 3.8) is 0 Å². The van der Waals surface area contributed by atoms with Crippen LogP contribution < -0.4 is 0 Å². The molecule has 0 aliphatic rings. The SMILES string of the molecule is CC(C)C(O)CC(=O)N(Cc1ccc(C#N)cc1)C(C)C. The second-order valence-corrected chi connectivity index (χ2v) is 5.94. The summed E-state index contributed by atoms with van der Waals surface area (Å²) < 4.78 is 0. The van der Waals surface area contributed by atoms with Crippen LogP contribution in [0.5, 0.6) is 0 Å². The molecule has 114 valence electrons. The summed E-state index contributed by atoms with van der Waals surface area (Å²) in [5, 5.41) is 18.7. The maximum Gasteiger partial charge on any atom is 0.225 e. The van der Waals surface area contributed by atoms with Crippen molar-refractivity contribution in [2.45, 2.75) is 52.8 Å². The van der Waals surface area contributed by atoms with E-state index < -0.39 is 6.10 Å². The van der Waals surface area contributed by atoms with E-state index in [1.165, 1.54) is 0 Å². The minimum absolute atomic E-state index is 0.0458. The van der Waals surface area contributed by atoms with Gasteiger partial charge < -0.3 is 10.0 Å². The smallest absolute Gasteiger partial charge is 0.225 e. The normalized spacial score (nSPS) is 12.3. The van der Waals surface area contributed by atoms with Crippen LogP contribution in [0.15, 0.2) is 24.3 Å². The minimum Gasteiger partial charge on any atom is -0.392 e. The van der Waals surface area contributed by atoms with Crippen molar-refractivity contribution in [2.75, 3.05) is 0 Å². The molecule has 0 fully saturated rings. The average Bonchev–Trinajstić information content (AvgIpc) is 2.44. The highest BCUT2D eigenvalue weighted by atomic mass is 16.3. The van der Waals surface area contributed by atoms with E-state index in [1.54, 1.807) is 17.0 Å². The number of nitrogens with zero attached hydrogens (tertiary/aromatic N) is 2. The zero-order valence-corrected chi connectivity index (χ0v) is 13.2. The summed E-state index contributed by atoms with van der Waals surface area (Å²) in [6.45, 7) is 8.22. The number of nitriles is 1. The summed E-state index contributed by atoms with van der Waals surface area (Å²) in [5.41, 5.74) is 1.59. The van der Waals surface area contributed by atoms with Crippen molar-refractivity contribution in [1.82, 2.24) is 4.90 Å². The van der Waals surface area contributed by atoms with Gasteiger partial charge in [0.1, 0.15) is 0 Å². The first-order chi connectivity index (χ1) is 9.85. The van der Waals surface area contributed by atoms with E-state index in [4.69, 9.17) is 5.26 Å². The predicted octanol–water partition coefficient (Wildman–Crippen LogP) is 2.70. The van der Waals surface area contributed by atoms with Gasteiger partial charge in [-0.1, -0.05) is 26.0 Å². The summed E-state index contributed by atoms with van der Waals surface area (Å²) >= 11 is 0. The van der Waals surface area contributed by atoms with Gasteiger partial charge in [-0.25, -0.2) is 0 Å². The number of rotatable bonds is 6. The molecule has 1 aromatic carbocycles. The number of benzene rings is 1. The molecule has 0 radical (unpaired) electrons. The summed E-state index contributed by atoms with van der Waals surface area (Å²) in [4.78, 5) is 14.1. The first kappa shape index (κ1) is 17.2. The third-order valence-corrected chi connectivity index (χ3v) is 3.53. The molecular formula is C17H24N2O2. The zero-order valence-electron chi connectivity index (χ0n) is 13.2. The number of carbonyl (C=O) groups is 1. The van der Waals surface area contributed by atoms with Gasteiger partial charge in [0.05, 0.1) is 24.2 Å². The highest BCUT2D eigenvalue weighted by Gasteiger charge is 2.21. The van der Waals surface area contributed by atoms with E-state index >= 15 is 0 Å². The monoisotopic (exact) mass is 288 g/mol. The Balaban J connectivity index is 2.77. The number of hydrogen-bond donors (Lipinski definition) is 1. The van der Waals surface area contributed by atoms with E-state index in [0.717, 1.165) is 5.56 Å². The maximum absolute atomic E-state index is 12.3. The van der Waals surface area contributed by atoms with E-state index in [9.17, 15) is 9.90 Å². The Bertz CT molecular complexity index is 501. The molecule has 0 saturated carbocycles. The third kappa shape index (κ3) is 5.20. The van der Waals surface area contributed by atoms with Crippen molar-refractivity contribution in [3.05, 3.63) is 35.4 Å². The number of aliphatic hydroxyl groups excluding tert-OH is 1. The van der Waals surface area contributed by atoms with Gasteiger partial charge in [-0.15, -0.1) is 0 Å². The molecular weight excluding hydrogens is 264 g/mol. The number of amides is 1. The lowest BCUT2D eigenvalue weighted by Crippen LogP contribution is -2.38. The summed E-state index contributed by atoms with van der Waals surface area (Å²) in [7, 11) is 0. The van der Waals surface area contributed by atoms with Crippen LogP contribution >= 0.6 is 0 Å². The molecule has 4 heteroatoms. The molecule has 1 amide bonds. The number of carbonyl (C=O) groups excluding carboxylic acids is 1. The topological polar surface area (TPSA) is 64.3 Å². The number of hydrogen-bond acceptors (Lipinski definition) is 3. The molecule has 0 spiro atoms. The second-order valence-electron chi connectivity index (χ2n) is 5.94. The average molecular weight is 288 g/mol. The highest BCUT2D eigenvalue weighted by Crippen LogP contribution is 2.14. The molecule has 1 N–H and O–H groups in total. The lowest BCUT2D eigenvalue weighted by atomic mass is 10.0. The summed E-state index contributed by atoms with van der Waals surface area (Å²) in [6, 6.07) is 9.37. The molecule has 1 atom stereocenters. The Morgan fingerprint density at radius 2 is 1.81 bits per heavy atom. The van der Waals surface area contributed by atoms with Crippen molar-refractivity contribution in [2.24, 2.45) is 5.92 Å². The van der Waals surface area contributed by atoms with Gasteiger partial charge in [-0.3, -0.25) is 4.79 Å². The van der Waals surface area contributed by atoms with Gasteiger partial charge in [0.2, 0.25) is 5.91 Å².